The molecule has 0 aliphatic carbocycles. The lowest BCUT2D eigenvalue weighted by Gasteiger charge is -2.06. The highest BCUT2D eigenvalue weighted by atomic mass is 32.2. The minimum absolute atomic E-state index is 0.109. The van der Waals surface area contributed by atoms with Gasteiger partial charge in [0.25, 0.3) is 0 Å². The molecule has 6 nitrogen and oxygen atoms in total. The molecule has 0 radical (unpaired) electrons. The predicted octanol–water partition coefficient (Wildman–Crippen LogP) is 4.45. The van der Waals surface area contributed by atoms with Crippen molar-refractivity contribution in [2.24, 2.45) is 0 Å². The topological polar surface area (TPSA) is 84.0 Å². The molecular weight excluding hydrogens is 424 g/mol. The van der Waals surface area contributed by atoms with Crippen LogP contribution in [-0.2, 0) is 15.3 Å². The summed E-state index contributed by atoms with van der Waals surface area (Å²) in [4.78, 5) is 24.2. The Morgan fingerprint density at radius 2 is 1.66 bits per heavy atom. The standard InChI is InChI=1S/C20H20N4O2S3/c1-14-7-5-6-10-16(14)21-18(26)13-28-20-24-23-19(29-20)22-17(25)12-27-11-15-8-3-2-4-9-15/h2-10H,11-13H2,1H3,(H,21,26)(H,22,23,25). The Hall–Kier alpha value is -2.36. The Morgan fingerprint density at radius 1 is 0.931 bits per heavy atom. The number of rotatable bonds is 9. The number of aryl methyl sites for hydroxylation is 1. The molecule has 0 bridgehead atoms. The fourth-order valence-corrected chi connectivity index (χ4v) is 4.69. The van der Waals surface area contributed by atoms with Crippen molar-refractivity contribution in [3.05, 3.63) is 65.7 Å². The number of nitrogens with zero attached hydrogens (tertiary/aromatic N) is 2. The molecule has 1 aromatic heterocycles. The highest BCUT2D eigenvalue weighted by Gasteiger charge is 2.11. The average Bonchev–Trinajstić information content (AvgIpc) is 3.16. The summed E-state index contributed by atoms with van der Waals surface area (Å²) in [5.74, 6) is 1.12. The normalized spacial score (nSPS) is 10.5. The summed E-state index contributed by atoms with van der Waals surface area (Å²) in [5, 5.41) is 14.1. The maximum Gasteiger partial charge on any atom is 0.236 e. The second-order valence-electron chi connectivity index (χ2n) is 6.05. The molecule has 0 saturated heterocycles. The van der Waals surface area contributed by atoms with Crippen molar-refractivity contribution < 1.29 is 9.59 Å². The van der Waals surface area contributed by atoms with Crippen molar-refractivity contribution in [1.82, 2.24) is 10.2 Å². The molecule has 2 amide bonds. The van der Waals surface area contributed by atoms with E-state index in [2.05, 4.69) is 20.8 Å². The molecule has 0 spiro atoms. The van der Waals surface area contributed by atoms with Crippen molar-refractivity contribution in [3.63, 3.8) is 0 Å². The van der Waals surface area contributed by atoms with E-state index >= 15 is 0 Å². The molecule has 0 fully saturated rings. The van der Waals surface area contributed by atoms with Gasteiger partial charge in [0, 0.05) is 11.4 Å². The number of hydrogen-bond donors (Lipinski definition) is 2. The molecule has 3 aromatic rings. The van der Waals surface area contributed by atoms with Gasteiger partial charge in [-0.25, -0.2) is 0 Å². The van der Waals surface area contributed by atoms with E-state index in [0.29, 0.717) is 15.2 Å². The number of nitrogens with one attached hydrogen (secondary N) is 2. The lowest BCUT2D eigenvalue weighted by Crippen LogP contribution is -2.14. The second-order valence-corrected chi connectivity index (χ2v) is 9.24. The third-order valence-corrected chi connectivity index (χ3v) is 6.72. The quantitative estimate of drug-likeness (QED) is 0.375. The van der Waals surface area contributed by atoms with Crippen LogP contribution in [-0.4, -0.2) is 33.5 Å². The van der Waals surface area contributed by atoms with Crippen molar-refractivity contribution in [2.45, 2.75) is 17.0 Å². The zero-order valence-electron chi connectivity index (χ0n) is 15.8. The average molecular weight is 445 g/mol. The number of aromatic nitrogens is 2. The summed E-state index contributed by atoms with van der Waals surface area (Å²) >= 11 is 4.10. The second kappa shape index (κ2) is 11.0. The lowest BCUT2D eigenvalue weighted by atomic mass is 10.2. The molecule has 2 aromatic carbocycles. The van der Waals surface area contributed by atoms with E-state index in [9.17, 15) is 9.59 Å². The summed E-state index contributed by atoms with van der Waals surface area (Å²) in [6.07, 6.45) is 0. The van der Waals surface area contributed by atoms with Crippen LogP contribution >= 0.6 is 34.9 Å². The molecule has 0 unspecified atom stereocenters. The highest BCUT2D eigenvalue weighted by molar-refractivity contribution is 8.01. The van der Waals surface area contributed by atoms with Gasteiger partial charge in [-0.3, -0.25) is 14.9 Å². The molecule has 3 rings (SSSR count). The molecule has 150 valence electrons. The van der Waals surface area contributed by atoms with Gasteiger partial charge in [0.15, 0.2) is 4.34 Å². The minimum atomic E-state index is -0.115. The molecule has 9 heteroatoms. The third kappa shape index (κ3) is 7.19. The predicted molar refractivity (Wildman–Crippen MR) is 122 cm³/mol. The smallest absolute Gasteiger partial charge is 0.236 e. The maximum absolute atomic E-state index is 12.1. The van der Waals surface area contributed by atoms with Gasteiger partial charge < -0.3 is 5.32 Å². The van der Waals surface area contributed by atoms with E-state index in [1.807, 2.05) is 61.5 Å². The molecule has 0 aliphatic rings. The molecule has 0 aliphatic heterocycles. The number of carbonyl (C=O) groups excluding carboxylic acids is 2. The van der Waals surface area contributed by atoms with Gasteiger partial charge in [-0.05, 0) is 24.1 Å². The SMILES string of the molecule is Cc1ccccc1NC(=O)CSc1nnc(NC(=O)CSCc2ccccc2)s1. The van der Waals surface area contributed by atoms with Crippen molar-refractivity contribution in [2.75, 3.05) is 22.1 Å². The van der Waals surface area contributed by atoms with Gasteiger partial charge in [0.2, 0.25) is 16.9 Å². The van der Waals surface area contributed by atoms with Crippen molar-refractivity contribution in [3.8, 4) is 0 Å². The number of benzene rings is 2. The Balaban J connectivity index is 1.39. The van der Waals surface area contributed by atoms with Crippen LogP contribution in [0.4, 0.5) is 10.8 Å². The Bertz CT molecular complexity index is 963. The first-order valence-electron chi connectivity index (χ1n) is 8.83. The van der Waals surface area contributed by atoms with Crippen LogP contribution in [0.3, 0.4) is 0 Å². The zero-order chi connectivity index (χ0) is 20.5. The number of para-hydroxylation sites is 1. The van der Waals surface area contributed by atoms with E-state index in [4.69, 9.17) is 0 Å². The number of thioether (sulfide) groups is 2. The minimum Gasteiger partial charge on any atom is -0.325 e. The summed E-state index contributed by atoms with van der Waals surface area (Å²) in [5.41, 5.74) is 3.00. The molecule has 0 atom stereocenters. The van der Waals surface area contributed by atoms with Crippen LogP contribution in [0.1, 0.15) is 11.1 Å². The van der Waals surface area contributed by atoms with E-state index in [1.165, 1.54) is 28.7 Å². The Labute approximate surface area is 181 Å². The van der Waals surface area contributed by atoms with Gasteiger partial charge >= 0.3 is 0 Å². The van der Waals surface area contributed by atoms with Crippen LogP contribution in [0, 0.1) is 6.92 Å². The van der Waals surface area contributed by atoms with Crippen LogP contribution in [0.15, 0.2) is 58.9 Å². The molecular formula is C20H20N4O2S3. The van der Waals surface area contributed by atoms with Crippen LogP contribution < -0.4 is 10.6 Å². The van der Waals surface area contributed by atoms with Crippen molar-refractivity contribution in [1.29, 1.82) is 0 Å². The molecule has 0 saturated carbocycles. The molecule has 2 N–H and O–H groups in total. The first-order chi connectivity index (χ1) is 14.1. The molecule has 1 heterocycles. The highest BCUT2D eigenvalue weighted by Crippen LogP contribution is 2.26. The monoisotopic (exact) mass is 444 g/mol. The summed E-state index contributed by atoms with van der Waals surface area (Å²) in [7, 11) is 0. The zero-order valence-corrected chi connectivity index (χ0v) is 18.2. The van der Waals surface area contributed by atoms with Gasteiger partial charge in [-0.1, -0.05) is 71.6 Å². The van der Waals surface area contributed by atoms with Gasteiger partial charge in [0.05, 0.1) is 11.5 Å². The summed E-state index contributed by atoms with van der Waals surface area (Å²) in [6, 6.07) is 17.6. The van der Waals surface area contributed by atoms with Crippen LogP contribution in [0.2, 0.25) is 0 Å². The number of hydrogen-bond acceptors (Lipinski definition) is 7. The first-order valence-corrected chi connectivity index (χ1v) is 11.8. The lowest BCUT2D eigenvalue weighted by molar-refractivity contribution is -0.114. The van der Waals surface area contributed by atoms with Crippen LogP contribution in [0.5, 0.6) is 0 Å². The number of amides is 2. The summed E-state index contributed by atoms with van der Waals surface area (Å²) in [6.45, 7) is 1.95. The molecule has 29 heavy (non-hydrogen) atoms. The Kier molecular flexibility index (Phi) is 8.09. The van der Waals surface area contributed by atoms with E-state index in [1.54, 1.807) is 11.8 Å². The fourth-order valence-electron chi connectivity index (χ4n) is 2.34. The third-order valence-electron chi connectivity index (χ3n) is 3.74. The summed E-state index contributed by atoms with van der Waals surface area (Å²) < 4.78 is 0.636. The largest absolute Gasteiger partial charge is 0.325 e. The first kappa shape index (κ1) is 21.4. The maximum atomic E-state index is 12.1. The van der Waals surface area contributed by atoms with Gasteiger partial charge in [-0.15, -0.1) is 22.0 Å². The van der Waals surface area contributed by atoms with E-state index < -0.39 is 0 Å². The van der Waals surface area contributed by atoms with E-state index in [-0.39, 0.29) is 17.6 Å². The van der Waals surface area contributed by atoms with E-state index in [0.717, 1.165) is 17.0 Å². The van der Waals surface area contributed by atoms with Crippen LogP contribution in [0.25, 0.3) is 0 Å². The van der Waals surface area contributed by atoms with Crippen molar-refractivity contribution >= 4 is 57.5 Å². The number of anilines is 2. The van der Waals surface area contributed by atoms with Gasteiger partial charge in [0.1, 0.15) is 0 Å². The van der Waals surface area contributed by atoms with Gasteiger partial charge in [-0.2, -0.15) is 0 Å². The fraction of sp³-hybridized carbons (Fsp3) is 0.200. The Morgan fingerprint density at radius 3 is 2.45 bits per heavy atom. The number of carbonyl (C=O) groups is 2.